The van der Waals surface area contributed by atoms with Crippen molar-refractivity contribution < 1.29 is 23.2 Å². The van der Waals surface area contributed by atoms with Crippen molar-refractivity contribution in [3.63, 3.8) is 0 Å². The molecule has 0 atom stereocenters. The van der Waals surface area contributed by atoms with Crippen LogP contribution in [0.4, 0.5) is 4.39 Å². The Balaban J connectivity index is 1.64. The van der Waals surface area contributed by atoms with Crippen LogP contribution in [0.5, 0.6) is 11.5 Å². The summed E-state index contributed by atoms with van der Waals surface area (Å²) in [5.41, 5.74) is 0.565. The third kappa shape index (κ3) is 4.05. The predicted molar refractivity (Wildman–Crippen MR) is 95.3 cm³/mol. The van der Waals surface area contributed by atoms with Crippen LogP contribution in [0.2, 0.25) is 0 Å². The summed E-state index contributed by atoms with van der Waals surface area (Å²) in [4.78, 5) is 16.6. The monoisotopic (exact) mass is 371 g/mol. The van der Waals surface area contributed by atoms with E-state index in [2.05, 4.69) is 15.5 Å². The van der Waals surface area contributed by atoms with E-state index in [9.17, 15) is 9.18 Å². The second-order valence-electron chi connectivity index (χ2n) is 5.54. The van der Waals surface area contributed by atoms with E-state index in [4.69, 9.17) is 14.0 Å². The van der Waals surface area contributed by atoms with Crippen molar-refractivity contribution in [1.29, 1.82) is 0 Å². The van der Waals surface area contributed by atoms with Crippen LogP contribution in [-0.2, 0) is 6.42 Å². The van der Waals surface area contributed by atoms with Gasteiger partial charge in [0.05, 0.1) is 19.8 Å². The Kier molecular flexibility index (Phi) is 5.65. The average Bonchev–Trinajstić information content (AvgIpc) is 3.16. The quantitative estimate of drug-likeness (QED) is 0.687. The molecule has 8 heteroatoms. The Labute approximate surface area is 155 Å². The molecule has 0 bridgehead atoms. The minimum atomic E-state index is -0.429. The summed E-state index contributed by atoms with van der Waals surface area (Å²) < 4.78 is 29.3. The number of ether oxygens (including phenoxy) is 2. The second kappa shape index (κ2) is 8.31. The normalized spacial score (nSPS) is 10.5. The van der Waals surface area contributed by atoms with Gasteiger partial charge in [-0.3, -0.25) is 4.79 Å². The predicted octanol–water partition coefficient (Wildman–Crippen LogP) is 2.87. The number of amides is 1. The van der Waals surface area contributed by atoms with Gasteiger partial charge in [-0.05, 0) is 24.3 Å². The fraction of sp³-hybridized carbons (Fsp3) is 0.211. The van der Waals surface area contributed by atoms with Crippen molar-refractivity contribution in [2.24, 2.45) is 0 Å². The van der Waals surface area contributed by atoms with E-state index in [1.54, 1.807) is 36.4 Å². The number of carbonyl (C=O) groups excluding carboxylic acids is 1. The molecule has 3 aromatic rings. The van der Waals surface area contributed by atoms with Gasteiger partial charge in [-0.2, -0.15) is 4.98 Å². The lowest BCUT2D eigenvalue weighted by Gasteiger charge is -2.12. The summed E-state index contributed by atoms with van der Waals surface area (Å²) >= 11 is 0. The molecule has 7 nitrogen and oxygen atoms in total. The van der Waals surface area contributed by atoms with Crippen LogP contribution in [0.1, 0.15) is 16.2 Å². The largest absolute Gasteiger partial charge is 0.496 e. The molecule has 0 unspecified atom stereocenters. The van der Waals surface area contributed by atoms with Crippen molar-refractivity contribution in [3.05, 3.63) is 59.7 Å². The molecule has 3 rings (SSSR count). The van der Waals surface area contributed by atoms with E-state index < -0.39 is 5.82 Å². The fourth-order valence-electron chi connectivity index (χ4n) is 2.55. The molecular weight excluding hydrogens is 353 g/mol. The average molecular weight is 371 g/mol. The van der Waals surface area contributed by atoms with Crippen LogP contribution in [-0.4, -0.2) is 36.8 Å². The Hall–Kier alpha value is -3.42. The van der Waals surface area contributed by atoms with Crippen LogP contribution in [0, 0.1) is 5.82 Å². The number of carbonyl (C=O) groups is 1. The molecule has 1 N–H and O–H groups in total. The van der Waals surface area contributed by atoms with Crippen molar-refractivity contribution in [1.82, 2.24) is 15.5 Å². The minimum Gasteiger partial charge on any atom is -0.496 e. The molecule has 1 heterocycles. The van der Waals surface area contributed by atoms with Crippen LogP contribution in [0.15, 0.2) is 47.0 Å². The number of nitrogens with one attached hydrogen (secondary N) is 1. The van der Waals surface area contributed by atoms with Crippen molar-refractivity contribution in [2.45, 2.75) is 6.42 Å². The van der Waals surface area contributed by atoms with E-state index in [0.717, 1.165) is 0 Å². The van der Waals surface area contributed by atoms with Crippen molar-refractivity contribution in [2.75, 3.05) is 20.8 Å². The highest BCUT2D eigenvalue weighted by atomic mass is 19.1. The summed E-state index contributed by atoms with van der Waals surface area (Å²) in [6, 6.07) is 11.3. The highest BCUT2D eigenvalue weighted by Crippen LogP contribution is 2.28. The summed E-state index contributed by atoms with van der Waals surface area (Å²) in [5, 5.41) is 6.54. The molecule has 0 aliphatic heterocycles. The Morgan fingerprint density at radius 2 is 1.81 bits per heavy atom. The number of halogens is 1. The molecule has 140 valence electrons. The lowest BCUT2D eigenvalue weighted by atomic mass is 10.1. The standard InChI is InChI=1S/C19H18FN3O4/c1-25-14-8-5-9-15(26-2)17(14)19(24)21-11-10-16-22-18(23-27-16)12-6-3-4-7-13(12)20/h3-9H,10-11H2,1-2H3,(H,21,24). The highest BCUT2D eigenvalue weighted by Gasteiger charge is 2.18. The van der Waals surface area contributed by atoms with Crippen LogP contribution in [0.25, 0.3) is 11.4 Å². The van der Waals surface area contributed by atoms with E-state index in [1.807, 2.05) is 0 Å². The number of aromatic nitrogens is 2. The number of benzene rings is 2. The summed E-state index contributed by atoms with van der Waals surface area (Å²) in [6.45, 7) is 0.249. The van der Waals surface area contributed by atoms with E-state index in [1.165, 1.54) is 20.3 Å². The molecule has 1 aromatic heterocycles. The minimum absolute atomic E-state index is 0.167. The third-order valence-corrected chi connectivity index (χ3v) is 3.86. The number of hydrogen-bond donors (Lipinski definition) is 1. The van der Waals surface area contributed by atoms with Gasteiger partial charge in [-0.25, -0.2) is 4.39 Å². The van der Waals surface area contributed by atoms with Gasteiger partial charge in [0.1, 0.15) is 22.9 Å². The van der Waals surface area contributed by atoms with Gasteiger partial charge in [0, 0.05) is 13.0 Å². The van der Waals surface area contributed by atoms with Gasteiger partial charge in [-0.15, -0.1) is 0 Å². The van der Waals surface area contributed by atoms with Gasteiger partial charge in [0.25, 0.3) is 5.91 Å². The first-order valence-corrected chi connectivity index (χ1v) is 8.20. The third-order valence-electron chi connectivity index (χ3n) is 3.86. The van der Waals surface area contributed by atoms with Gasteiger partial charge in [-0.1, -0.05) is 23.4 Å². The first-order chi connectivity index (χ1) is 13.1. The number of rotatable bonds is 7. The molecule has 0 spiro atoms. The molecule has 0 saturated heterocycles. The Morgan fingerprint density at radius 3 is 2.48 bits per heavy atom. The van der Waals surface area contributed by atoms with Crippen LogP contribution in [0.3, 0.4) is 0 Å². The first kappa shape index (κ1) is 18.4. The fourth-order valence-corrected chi connectivity index (χ4v) is 2.55. The first-order valence-electron chi connectivity index (χ1n) is 8.20. The maximum atomic E-state index is 13.8. The second-order valence-corrected chi connectivity index (χ2v) is 5.54. The van der Waals surface area contributed by atoms with Crippen molar-refractivity contribution >= 4 is 5.91 Å². The summed E-state index contributed by atoms with van der Waals surface area (Å²) in [6.07, 6.45) is 0.296. The number of nitrogens with zero attached hydrogens (tertiary/aromatic N) is 2. The van der Waals surface area contributed by atoms with Crippen LogP contribution >= 0.6 is 0 Å². The lowest BCUT2D eigenvalue weighted by molar-refractivity contribution is 0.0947. The SMILES string of the molecule is COc1cccc(OC)c1C(=O)NCCc1nc(-c2ccccc2F)no1. The van der Waals surface area contributed by atoms with Gasteiger partial charge >= 0.3 is 0 Å². The zero-order valence-electron chi connectivity index (χ0n) is 14.9. The zero-order chi connectivity index (χ0) is 19.2. The molecule has 2 aromatic carbocycles. The maximum Gasteiger partial charge on any atom is 0.258 e. The van der Waals surface area contributed by atoms with Crippen molar-refractivity contribution in [3.8, 4) is 22.9 Å². The summed E-state index contributed by atoms with van der Waals surface area (Å²) in [5.74, 6) is 0.499. The lowest BCUT2D eigenvalue weighted by Crippen LogP contribution is -2.26. The number of methoxy groups -OCH3 is 2. The van der Waals surface area contributed by atoms with Gasteiger partial charge in [0.2, 0.25) is 11.7 Å². The molecule has 0 saturated carbocycles. The molecule has 0 radical (unpaired) electrons. The topological polar surface area (TPSA) is 86.5 Å². The summed E-state index contributed by atoms with van der Waals surface area (Å²) in [7, 11) is 2.96. The smallest absolute Gasteiger partial charge is 0.258 e. The van der Waals surface area contributed by atoms with Crippen LogP contribution < -0.4 is 14.8 Å². The number of hydrogen-bond acceptors (Lipinski definition) is 6. The molecular formula is C19H18FN3O4. The molecule has 0 fully saturated rings. The Morgan fingerprint density at radius 1 is 1.11 bits per heavy atom. The Bertz CT molecular complexity index is 920. The molecule has 27 heavy (non-hydrogen) atoms. The maximum absolute atomic E-state index is 13.8. The van der Waals surface area contributed by atoms with E-state index in [-0.39, 0.29) is 23.8 Å². The molecule has 0 aliphatic rings. The zero-order valence-corrected chi connectivity index (χ0v) is 14.9. The highest BCUT2D eigenvalue weighted by molar-refractivity contribution is 5.99. The molecule has 1 amide bonds. The van der Waals surface area contributed by atoms with Gasteiger partial charge in [0.15, 0.2) is 0 Å². The van der Waals surface area contributed by atoms with Gasteiger partial charge < -0.3 is 19.3 Å². The van der Waals surface area contributed by atoms with E-state index in [0.29, 0.717) is 29.4 Å². The molecule has 0 aliphatic carbocycles. The van der Waals surface area contributed by atoms with E-state index >= 15 is 0 Å².